The Morgan fingerprint density at radius 1 is 1.03 bits per heavy atom. The summed E-state index contributed by atoms with van der Waals surface area (Å²) in [6.07, 6.45) is 0.127. The third-order valence-corrected chi connectivity index (χ3v) is 4.64. The molecule has 0 aliphatic rings. The molecule has 4 aromatic rings. The Balaban J connectivity index is 1.35. The zero-order valence-electron chi connectivity index (χ0n) is 16.3. The molecule has 0 N–H and O–H groups in total. The minimum absolute atomic E-state index is 0.231. The number of aryl methyl sites for hydroxylation is 2. The van der Waals surface area contributed by atoms with E-state index >= 15 is 0 Å². The fourth-order valence-corrected chi connectivity index (χ4v) is 3.00. The molecule has 6 heteroatoms. The average molecular weight is 387 g/mol. The molecule has 0 saturated heterocycles. The number of hydrogen-bond acceptors (Lipinski definition) is 6. The zero-order valence-corrected chi connectivity index (χ0v) is 16.3. The quantitative estimate of drug-likeness (QED) is 0.441. The number of esters is 1. The van der Waals surface area contributed by atoms with Gasteiger partial charge in [0.15, 0.2) is 6.10 Å². The summed E-state index contributed by atoms with van der Waals surface area (Å²) in [5.74, 6) is 0.351. The first kappa shape index (κ1) is 18.8. The Labute approximate surface area is 168 Å². The van der Waals surface area contributed by atoms with Crippen LogP contribution in [0.5, 0.6) is 0 Å². The van der Waals surface area contributed by atoms with Gasteiger partial charge in [0.2, 0.25) is 5.89 Å². The molecular weight excluding hydrogens is 366 g/mol. The fraction of sp³-hybridized carbons (Fsp3) is 0.217. The highest BCUT2D eigenvalue weighted by Crippen LogP contribution is 2.23. The third kappa shape index (κ3) is 4.48. The van der Waals surface area contributed by atoms with Gasteiger partial charge in [-0.1, -0.05) is 42.0 Å². The molecule has 2 aromatic carbocycles. The van der Waals surface area contributed by atoms with E-state index in [1.807, 2.05) is 67.6 Å². The second kappa shape index (κ2) is 8.22. The van der Waals surface area contributed by atoms with E-state index in [0.29, 0.717) is 12.3 Å². The summed E-state index contributed by atoms with van der Waals surface area (Å²) in [5, 5.41) is 9.14. The minimum Gasteiger partial charge on any atom is -0.453 e. The fourth-order valence-electron chi connectivity index (χ4n) is 3.00. The Morgan fingerprint density at radius 2 is 1.83 bits per heavy atom. The van der Waals surface area contributed by atoms with Crippen LogP contribution in [0.1, 0.15) is 36.6 Å². The van der Waals surface area contributed by atoms with Gasteiger partial charge in [-0.3, -0.25) is 9.78 Å². The predicted octanol–water partition coefficient (Wildman–Crippen LogP) is 4.83. The number of para-hydroxylation sites is 1. The standard InChI is InChI=1S/C23H21N3O3/c1-15-7-9-18(10-8-15)23-26-25-22(29-23)16(2)28-21(27)14-13-19-12-11-17-5-3-4-6-20(17)24-19/h3-12,16H,13-14H2,1-2H3. The monoisotopic (exact) mass is 387 g/mol. The molecule has 0 radical (unpaired) electrons. The second-order valence-corrected chi connectivity index (χ2v) is 6.94. The largest absolute Gasteiger partial charge is 0.453 e. The molecule has 0 bridgehead atoms. The van der Waals surface area contributed by atoms with Gasteiger partial charge in [0.25, 0.3) is 5.89 Å². The lowest BCUT2D eigenvalue weighted by atomic mass is 10.1. The maximum absolute atomic E-state index is 12.2. The molecule has 0 aliphatic heterocycles. The number of fused-ring (bicyclic) bond motifs is 1. The van der Waals surface area contributed by atoms with E-state index in [9.17, 15) is 4.79 Å². The number of pyridine rings is 1. The summed E-state index contributed by atoms with van der Waals surface area (Å²) >= 11 is 0. The van der Waals surface area contributed by atoms with Crippen LogP contribution in [-0.2, 0) is 16.0 Å². The van der Waals surface area contributed by atoms with Crippen molar-refractivity contribution in [2.45, 2.75) is 32.8 Å². The van der Waals surface area contributed by atoms with E-state index in [0.717, 1.165) is 27.7 Å². The highest BCUT2D eigenvalue weighted by atomic mass is 16.6. The van der Waals surface area contributed by atoms with Crippen molar-refractivity contribution >= 4 is 16.9 Å². The van der Waals surface area contributed by atoms with Gasteiger partial charge in [0.05, 0.1) is 11.9 Å². The highest BCUT2D eigenvalue weighted by molar-refractivity contribution is 5.78. The summed E-state index contributed by atoms with van der Waals surface area (Å²) in [4.78, 5) is 16.8. The van der Waals surface area contributed by atoms with Gasteiger partial charge in [-0.15, -0.1) is 10.2 Å². The smallest absolute Gasteiger partial charge is 0.306 e. The first-order valence-electron chi connectivity index (χ1n) is 9.53. The predicted molar refractivity (Wildman–Crippen MR) is 109 cm³/mol. The van der Waals surface area contributed by atoms with E-state index in [1.54, 1.807) is 6.92 Å². The van der Waals surface area contributed by atoms with Crippen LogP contribution >= 0.6 is 0 Å². The number of hydrogen-bond donors (Lipinski definition) is 0. The maximum atomic E-state index is 12.2. The molecule has 2 heterocycles. The molecule has 0 saturated carbocycles. The van der Waals surface area contributed by atoms with Crippen LogP contribution in [-0.4, -0.2) is 21.2 Å². The number of ether oxygens (including phenoxy) is 1. The lowest BCUT2D eigenvalue weighted by Gasteiger charge is -2.09. The van der Waals surface area contributed by atoms with Crippen molar-refractivity contribution in [3.63, 3.8) is 0 Å². The minimum atomic E-state index is -0.612. The van der Waals surface area contributed by atoms with E-state index in [2.05, 4.69) is 15.2 Å². The van der Waals surface area contributed by atoms with E-state index in [-0.39, 0.29) is 18.3 Å². The molecule has 2 aromatic heterocycles. The Kier molecular flexibility index (Phi) is 5.33. The third-order valence-electron chi connectivity index (χ3n) is 4.64. The SMILES string of the molecule is Cc1ccc(-c2nnc(C(C)OC(=O)CCc3ccc4ccccc4n3)o2)cc1. The van der Waals surface area contributed by atoms with Gasteiger partial charge in [-0.25, -0.2) is 0 Å². The van der Waals surface area contributed by atoms with Crippen molar-refractivity contribution in [1.29, 1.82) is 0 Å². The molecule has 29 heavy (non-hydrogen) atoms. The van der Waals surface area contributed by atoms with Crippen molar-refractivity contribution in [2.75, 3.05) is 0 Å². The lowest BCUT2D eigenvalue weighted by Crippen LogP contribution is -2.10. The first-order valence-corrected chi connectivity index (χ1v) is 9.53. The van der Waals surface area contributed by atoms with Crippen molar-refractivity contribution < 1.29 is 13.9 Å². The van der Waals surface area contributed by atoms with Crippen LogP contribution in [0, 0.1) is 6.92 Å². The summed E-state index contributed by atoms with van der Waals surface area (Å²) in [7, 11) is 0. The number of rotatable bonds is 6. The van der Waals surface area contributed by atoms with Crippen LogP contribution in [0.4, 0.5) is 0 Å². The number of carbonyl (C=O) groups excluding carboxylic acids is 1. The number of aromatic nitrogens is 3. The van der Waals surface area contributed by atoms with E-state index in [4.69, 9.17) is 9.15 Å². The Hall–Kier alpha value is -3.54. The van der Waals surface area contributed by atoms with Gasteiger partial charge >= 0.3 is 5.97 Å². The van der Waals surface area contributed by atoms with Crippen molar-refractivity contribution in [3.05, 3.63) is 77.8 Å². The van der Waals surface area contributed by atoms with Gasteiger partial charge < -0.3 is 9.15 Å². The normalized spacial score (nSPS) is 12.1. The van der Waals surface area contributed by atoms with Crippen molar-refractivity contribution in [3.8, 4) is 11.5 Å². The Bertz CT molecular complexity index is 1140. The Morgan fingerprint density at radius 3 is 2.66 bits per heavy atom. The van der Waals surface area contributed by atoms with Crippen LogP contribution in [0.3, 0.4) is 0 Å². The molecule has 1 unspecified atom stereocenters. The summed E-state index contributed by atoms with van der Waals surface area (Å²) < 4.78 is 11.1. The highest BCUT2D eigenvalue weighted by Gasteiger charge is 2.19. The van der Waals surface area contributed by atoms with Crippen LogP contribution in [0.15, 0.2) is 65.1 Å². The molecule has 0 fully saturated rings. The molecular formula is C23H21N3O3. The van der Waals surface area contributed by atoms with Crippen LogP contribution in [0.25, 0.3) is 22.4 Å². The van der Waals surface area contributed by atoms with Crippen LogP contribution < -0.4 is 0 Å². The molecule has 1 atom stereocenters. The van der Waals surface area contributed by atoms with Gasteiger partial charge in [-0.05, 0) is 38.1 Å². The first-order chi connectivity index (χ1) is 14.1. The number of benzene rings is 2. The number of nitrogens with zero attached hydrogens (tertiary/aromatic N) is 3. The average Bonchev–Trinajstić information content (AvgIpc) is 3.23. The maximum Gasteiger partial charge on any atom is 0.306 e. The number of carbonyl (C=O) groups is 1. The lowest BCUT2D eigenvalue weighted by molar-refractivity contribution is -0.149. The molecule has 146 valence electrons. The summed E-state index contributed by atoms with van der Waals surface area (Å²) in [6.45, 7) is 3.73. The molecule has 0 amide bonds. The molecule has 0 spiro atoms. The molecule has 4 rings (SSSR count). The van der Waals surface area contributed by atoms with Gasteiger partial charge in [0.1, 0.15) is 0 Å². The molecule has 6 nitrogen and oxygen atoms in total. The topological polar surface area (TPSA) is 78.1 Å². The summed E-state index contributed by atoms with van der Waals surface area (Å²) in [5.41, 5.74) is 3.75. The summed E-state index contributed by atoms with van der Waals surface area (Å²) in [6, 6.07) is 19.6. The van der Waals surface area contributed by atoms with E-state index in [1.165, 1.54) is 0 Å². The van der Waals surface area contributed by atoms with E-state index < -0.39 is 6.10 Å². The molecule has 0 aliphatic carbocycles. The van der Waals surface area contributed by atoms with Crippen molar-refractivity contribution in [2.24, 2.45) is 0 Å². The zero-order chi connectivity index (χ0) is 20.2. The van der Waals surface area contributed by atoms with Crippen molar-refractivity contribution in [1.82, 2.24) is 15.2 Å². The van der Waals surface area contributed by atoms with Gasteiger partial charge in [0, 0.05) is 23.1 Å². The van der Waals surface area contributed by atoms with Gasteiger partial charge in [-0.2, -0.15) is 0 Å². The second-order valence-electron chi connectivity index (χ2n) is 6.94. The van der Waals surface area contributed by atoms with Crippen LogP contribution in [0.2, 0.25) is 0 Å².